The lowest BCUT2D eigenvalue weighted by Crippen LogP contribution is -2.60. The Morgan fingerprint density at radius 1 is 0.967 bits per heavy atom. The van der Waals surface area contributed by atoms with Gasteiger partial charge in [0.1, 0.15) is 41.3 Å². The molecule has 5 N–H and O–H groups in total. The Kier molecular flexibility index (Phi) is 5.99. The van der Waals surface area contributed by atoms with Gasteiger partial charge in [-0.25, -0.2) is 18.4 Å². The third kappa shape index (κ3) is 4.09. The summed E-state index contributed by atoms with van der Waals surface area (Å²) in [6.07, 6.45) is -9.94. The molecule has 160 valence electrons. The van der Waals surface area contributed by atoms with Crippen LogP contribution in [0.25, 0.3) is 11.1 Å². The van der Waals surface area contributed by atoms with E-state index in [4.69, 9.17) is 14.6 Å². The molecule has 1 saturated heterocycles. The number of carbonyl (C=O) groups is 2. The Hall–Kier alpha value is -3.12. The van der Waals surface area contributed by atoms with Crippen molar-refractivity contribution >= 4 is 11.9 Å². The quantitative estimate of drug-likeness (QED) is 0.437. The van der Waals surface area contributed by atoms with Crippen LogP contribution in [0.2, 0.25) is 0 Å². The number of phenols is 1. The second-order valence-corrected chi connectivity index (χ2v) is 6.50. The van der Waals surface area contributed by atoms with E-state index in [1.165, 1.54) is 6.07 Å². The summed E-state index contributed by atoms with van der Waals surface area (Å²) in [7, 11) is 0. The third-order valence-corrected chi connectivity index (χ3v) is 4.49. The van der Waals surface area contributed by atoms with Gasteiger partial charge >= 0.3 is 11.9 Å². The Labute approximate surface area is 167 Å². The monoisotopic (exact) mass is 426 g/mol. The molecule has 0 saturated carbocycles. The van der Waals surface area contributed by atoms with Crippen molar-refractivity contribution in [2.24, 2.45) is 0 Å². The van der Waals surface area contributed by atoms with Gasteiger partial charge in [-0.05, 0) is 29.8 Å². The van der Waals surface area contributed by atoms with Gasteiger partial charge in [0.2, 0.25) is 6.29 Å². The molecule has 0 aliphatic carbocycles. The van der Waals surface area contributed by atoms with Crippen molar-refractivity contribution in [1.82, 2.24) is 0 Å². The normalized spacial score (nSPS) is 26.2. The molecule has 1 aliphatic rings. The molecule has 2 aromatic carbocycles. The summed E-state index contributed by atoms with van der Waals surface area (Å²) in [5, 5.41) is 48.3. The third-order valence-electron chi connectivity index (χ3n) is 4.49. The van der Waals surface area contributed by atoms with E-state index in [-0.39, 0.29) is 11.1 Å². The van der Waals surface area contributed by atoms with Gasteiger partial charge in [0.15, 0.2) is 6.10 Å². The van der Waals surface area contributed by atoms with E-state index in [2.05, 4.69) is 0 Å². The van der Waals surface area contributed by atoms with Gasteiger partial charge in [0, 0.05) is 11.6 Å². The van der Waals surface area contributed by atoms with Gasteiger partial charge in [-0.2, -0.15) is 0 Å². The first-order valence-electron chi connectivity index (χ1n) is 8.52. The highest BCUT2D eigenvalue weighted by atomic mass is 19.1. The molecule has 5 atom stereocenters. The number of aromatic hydroxyl groups is 1. The number of esters is 1. The van der Waals surface area contributed by atoms with Crippen molar-refractivity contribution in [1.29, 1.82) is 0 Å². The number of benzene rings is 2. The van der Waals surface area contributed by atoms with Gasteiger partial charge in [-0.3, -0.25) is 0 Å². The molecule has 2 aromatic rings. The highest BCUT2D eigenvalue weighted by molar-refractivity contribution is 5.94. The van der Waals surface area contributed by atoms with E-state index < -0.39 is 65.6 Å². The maximum atomic E-state index is 14.0. The molecule has 0 unspecified atom stereocenters. The summed E-state index contributed by atoms with van der Waals surface area (Å²) in [4.78, 5) is 23.6. The number of aliphatic hydroxyl groups is 3. The lowest BCUT2D eigenvalue weighted by atomic mass is 9.99. The molecule has 0 spiro atoms. The molecule has 30 heavy (non-hydrogen) atoms. The lowest BCUT2D eigenvalue weighted by Gasteiger charge is -2.37. The second kappa shape index (κ2) is 8.32. The topological polar surface area (TPSA) is 154 Å². The minimum absolute atomic E-state index is 0.0797. The number of carbonyl (C=O) groups excluding carboxylic acids is 1. The van der Waals surface area contributed by atoms with Crippen LogP contribution in [0.15, 0.2) is 36.4 Å². The summed E-state index contributed by atoms with van der Waals surface area (Å²) >= 11 is 0. The smallest absolute Gasteiger partial charge is 0.344 e. The molecule has 0 aromatic heterocycles. The number of carboxylic acid groups (broad SMARTS) is 1. The van der Waals surface area contributed by atoms with Crippen molar-refractivity contribution in [3.8, 4) is 16.9 Å². The van der Waals surface area contributed by atoms with Gasteiger partial charge in [0.05, 0.1) is 0 Å². The van der Waals surface area contributed by atoms with Crippen molar-refractivity contribution in [3.05, 3.63) is 53.6 Å². The number of aliphatic hydroxyl groups excluding tert-OH is 3. The largest absolute Gasteiger partial charge is 0.507 e. The number of ether oxygens (including phenoxy) is 2. The van der Waals surface area contributed by atoms with Crippen LogP contribution in [-0.4, -0.2) is 68.2 Å². The van der Waals surface area contributed by atoms with Crippen molar-refractivity contribution in [3.63, 3.8) is 0 Å². The van der Waals surface area contributed by atoms with Crippen LogP contribution in [0.3, 0.4) is 0 Å². The number of carboxylic acids is 1. The van der Waals surface area contributed by atoms with Crippen molar-refractivity contribution in [2.45, 2.75) is 30.7 Å². The van der Waals surface area contributed by atoms with Gasteiger partial charge in [-0.1, -0.05) is 6.07 Å². The average Bonchev–Trinajstić information content (AvgIpc) is 2.68. The van der Waals surface area contributed by atoms with Crippen LogP contribution in [-0.2, 0) is 14.3 Å². The van der Waals surface area contributed by atoms with Crippen LogP contribution in [0, 0.1) is 11.6 Å². The zero-order valence-electron chi connectivity index (χ0n) is 15.0. The van der Waals surface area contributed by atoms with E-state index >= 15 is 0 Å². The van der Waals surface area contributed by atoms with Crippen molar-refractivity contribution in [2.75, 3.05) is 0 Å². The average molecular weight is 426 g/mol. The molecule has 1 heterocycles. The molecule has 0 amide bonds. The number of aliphatic carboxylic acids is 1. The maximum absolute atomic E-state index is 14.0. The predicted molar refractivity (Wildman–Crippen MR) is 93.2 cm³/mol. The van der Waals surface area contributed by atoms with Crippen LogP contribution in [0.1, 0.15) is 10.4 Å². The number of rotatable bonds is 4. The summed E-state index contributed by atoms with van der Waals surface area (Å²) in [5.41, 5.74) is -0.496. The summed E-state index contributed by atoms with van der Waals surface area (Å²) < 4.78 is 36.8. The summed E-state index contributed by atoms with van der Waals surface area (Å²) in [6, 6.07) is 6.08. The molecular weight excluding hydrogens is 410 g/mol. The standard InChI is InChI=1S/C19H16F2O9/c20-8-2-3-9(11(21)6-8)7-1-4-12(22)10(5-7)18(28)30-19-15(25)13(23)14(24)16(29-19)17(26)27/h1-6,13-16,19,22-25H,(H,26,27)/t13-,14-,15+,16-,19+/m0/s1. The Morgan fingerprint density at radius 2 is 1.67 bits per heavy atom. The second-order valence-electron chi connectivity index (χ2n) is 6.50. The first-order chi connectivity index (χ1) is 14.1. The molecule has 0 radical (unpaired) electrons. The minimum atomic E-state index is -1.99. The van der Waals surface area contributed by atoms with Crippen LogP contribution >= 0.6 is 0 Å². The van der Waals surface area contributed by atoms with Gasteiger partial charge < -0.3 is 35.0 Å². The predicted octanol–water partition coefficient (Wildman–Crippen LogP) is 0.386. The number of hydrogen-bond acceptors (Lipinski definition) is 8. The van der Waals surface area contributed by atoms with Crippen LogP contribution in [0.4, 0.5) is 8.78 Å². The van der Waals surface area contributed by atoms with E-state index in [0.717, 1.165) is 24.3 Å². The first kappa shape index (κ1) is 21.6. The highest BCUT2D eigenvalue weighted by Crippen LogP contribution is 2.30. The van der Waals surface area contributed by atoms with E-state index in [9.17, 15) is 38.8 Å². The number of hydrogen-bond donors (Lipinski definition) is 5. The molecule has 9 nitrogen and oxygen atoms in total. The summed E-state index contributed by atoms with van der Waals surface area (Å²) in [6.45, 7) is 0. The van der Waals surface area contributed by atoms with Crippen LogP contribution < -0.4 is 0 Å². The fourth-order valence-corrected chi connectivity index (χ4v) is 2.91. The Morgan fingerprint density at radius 3 is 2.30 bits per heavy atom. The first-order valence-corrected chi connectivity index (χ1v) is 8.52. The molecular formula is C19H16F2O9. The maximum Gasteiger partial charge on any atom is 0.344 e. The summed E-state index contributed by atoms with van der Waals surface area (Å²) in [5.74, 6) is -5.30. The van der Waals surface area contributed by atoms with Gasteiger partial charge in [-0.15, -0.1) is 0 Å². The lowest BCUT2D eigenvalue weighted by molar-refractivity contribution is -0.278. The van der Waals surface area contributed by atoms with E-state index in [1.54, 1.807) is 0 Å². The molecule has 0 bridgehead atoms. The van der Waals surface area contributed by atoms with E-state index in [0.29, 0.717) is 6.07 Å². The van der Waals surface area contributed by atoms with Crippen LogP contribution in [0.5, 0.6) is 5.75 Å². The Bertz CT molecular complexity index is 980. The zero-order chi connectivity index (χ0) is 22.2. The van der Waals surface area contributed by atoms with Crippen molar-refractivity contribution < 1.29 is 53.4 Å². The number of phenolic OH excluding ortho intramolecular Hbond substituents is 1. The fraction of sp³-hybridized carbons (Fsp3) is 0.263. The minimum Gasteiger partial charge on any atom is -0.507 e. The molecule has 1 aliphatic heterocycles. The molecule has 11 heteroatoms. The number of halogens is 2. The zero-order valence-corrected chi connectivity index (χ0v) is 15.0. The fourth-order valence-electron chi connectivity index (χ4n) is 2.91. The highest BCUT2D eigenvalue weighted by Gasteiger charge is 2.48. The van der Waals surface area contributed by atoms with E-state index in [1.807, 2.05) is 0 Å². The molecule has 1 fully saturated rings. The SMILES string of the molecule is O=C(O[C@H]1O[C@H](C(=O)O)[C@@H](O)[C@H](O)[C@H]1O)c1cc(-c2ccc(F)cc2F)ccc1O. The molecule has 3 rings (SSSR count). The Balaban J connectivity index is 1.87. The van der Waals surface area contributed by atoms with Gasteiger partial charge in [0.25, 0.3) is 0 Å².